The van der Waals surface area contributed by atoms with E-state index in [0.717, 1.165) is 12.1 Å². The highest BCUT2D eigenvalue weighted by Gasteiger charge is 2.32. The van der Waals surface area contributed by atoms with Crippen LogP contribution >= 0.6 is 0 Å². The van der Waals surface area contributed by atoms with E-state index in [9.17, 15) is 17.6 Å². The Labute approximate surface area is 90.5 Å². The van der Waals surface area contributed by atoms with Gasteiger partial charge in [0, 0.05) is 19.0 Å². The zero-order chi connectivity index (χ0) is 11.8. The molecule has 1 aliphatic heterocycles. The fourth-order valence-corrected chi connectivity index (χ4v) is 1.65. The van der Waals surface area contributed by atoms with E-state index < -0.39 is 17.9 Å². The third-order valence-corrected chi connectivity index (χ3v) is 2.78. The van der Waals surface area contributed by atoms with Crippen molar-refractivity contribution >= 4 is 0 Å². The Hall–Kier alpha value is -1.10. The maximum Gasteiger partial charge on any atom is 0.416 e. The van der Waals surface area contributed by atoms with E-state index in [-0.39, 0.29) is 5.92 Å². The summed E-state index contributed by atoms with van der Waals surface area (Å²) < 4.78 is 50.4. The zero-order valence-electron chi connectivity index (χ0n) is 8.39. The first-order valence-electron chi connectivity index (χ1n) is 5.00. The third kappa shape index (κ3) is 2.19. The summed E-state index contributed by atoms with van der Waals surface area (Å²) in [5.74, 6) is -0.114. The van der Waals surface area contributed by atoms with Crippen molar-refractivity contribution < 1.29 is 17.6 Å². The maximum atomic E-state index is 13.7. The van der Waals surface area contributed by atoms with Crippen molar-refractivity contribution in [2.75, 3.05) is 13.1 Å². The second-order valence-electron chi connectivity index (χ2n) is 3.94. The normalized spacial score (nSPS) is 19.2. The molecule has 1 aromatic carbocycles. The van der Waals surface area contributed by atoms with Gasteiger partial charge < -0.3 is 5.32 Å². The van der Waals surface area contributed by atoms with Crippen LogP contribution < -0.4 is 5.32 Å². The van der Waals surface area contributed by atoms with Crippen molar-refractivity contribution in [1.29, 1.82) is 0 Å². The molecule has 2 rings (SSSR count). The number of nitrogens with one attached hydrogen (secondary N) is 1. The van der Waals surface area contributed by atoms with Crippen LogP contribution in [-0.2, 0) is 6.18 Å². The highest BCUT2D eigenvalue weighted by atomic mass is 19.4. The molecule has 1 saturated heterocycles. The Balaban J connectivity index is 2.12. The molecular formula is C11H11F4N. The second-order valence-corrected chi connectivity index (χ2v) is 3.94. The maximum absolute atomic E-state index is 13.7. The lowest BCUT2D eigenvalue weighted by Crippen LogP contribution is -2.44. The van der Waals surface area contributed by atoms with Crippen LogP contribution in [0.3, 0.4) is 0 Å². The summed E-state index contributed by atoms with van der Waals surface area (Å²) in [5.41, 5.74) is -0.422. The molecule has 1 fully saturated rings. The van der Waals surface area contributed by atoms with Crippen molar-refractivity contribution in [3.8, 4) is 0 Å². The number of rotatable bonds is 2. The van der Waals surface area contributed by atoms with Crippen molar-refractivity contribution in [3.63, 3.8) is 0 Å². The van der Waals surface area contributed by atoms with Crippen LogP contribution in [0.15, 0.2) is 24.3 Å². The predicted molar refractivity (Wildman–Crippen MR) is 51.7 cm³/mol. The van der Waals surface area contributed by atoms with Crippen LogP contribution in [0, 0.1) is 5.92 Å². The summed E-state index contributed by atoms with van der Waals surface area (Å²) in [5, 5.41) is 2.93. The molecule has 1 aliphatic rings. The van der Waals surface area contributed by atoms with E-state index in [0.29, 0.717) is 18.7 Å². The lowest BCUT2D eigenvalue weighted by molar-refractivity contribution is -0.137. The fourth-order valence-electron chi connectivity index (χ4n) is 1.65. The molecule has 1 nitrogen and oxygen atoms in total. The Morgan fingerprint density at radius 1 is 1.12 bits per heavy atom. The Kier molecular flexibility index (Phi) is 2.88. The van der Waals surface area contributed by atoms with Gasteiger partial charge in [-0.05, 0) is 17.7 Å². The van der Waals surface area contributed by atoms with Crippen LogP contribution in [0.4, 0.5) is 17.6 Å². The molecule has 88 valence electrons. The Morgan fingerprint density at radius 3 is 2.06 bits per heavy atom. The highest BCUT2D eigenvalue weighted by Crippen LogP contribution is 2.33. The zero-order valence-corrected chi connectivity index (χ0v) is 8.39. The van der Waals surface area contributed by atoms with Crippen LogP contribution in [0.2, 0.25) is 0 Å². The second kappa shape index (κ2) is 4.05. The number of alkyl halides is 4. The summed E-state index contributed by atoms with van der Waals surface area (Å²) in [4.78, 5) is 0. The monoisotopic (exact) mass is 233 g/mol. The van der Waals surface area contributed by atoms with Gasteiger partial charge in [0.1, 0.15) is 6.17 Å². The molecule has 1 N–H and O–H groups in total. The van der Waals surface area contributed by atoms with Crippen molar-refractivity contribution in [2.45, 2.75) is 12.3 Å². The summed E-state index contributed by atoms with van der Waals surface area (Å²) in [6, 6.07) is 4.28. The van der Waals surface area contributed by atoms with Gasteiger partial charge in [-0.25, -0.2) is 4.39 Å². The molecule has 0 aromatic heterocycles. The highest BCUT2D eigenvalue weighted by molar-refractivity contribution is 5.26. The molecule has 0 bridgehead atoms. The van der Waals surface area contributed by atoms with Gasteiger partial charge in [0.05, 0.1) is 5.56 Å². The molecule has 0 radical (unpaired) electrons. The molecular weight excluding hydrogens is 222 g/mol. The van der Waals surface area contributed by atoms with Gasteiger partial charge >= 0.3 is 6.18 Å². The quantitative estimate of drug-likeness (QED) is 0.774. The summed E-state index contributed by atoms with van der Waals surface area (Å²) >= 11 is 0. The van der Waals surface area contributed by atoms with Gasteiger partial charge in [-0.15, -0.1) is 0 Å². The largest absolute Gasteiger partial charge is 0.416 e. The number of halogens is 4. The van der Waals surface area contributed by atoms with Crippen LogP contribution in [-0.4, -0.2) is 13.1 Å². The van der Waals surface area contributed by atoms with E-state index in [2.05, 4.69) is 5.32 Å². The minimum absolute atomic E-state index is 0.114. The Morgan fingerprint density at radius 2 is 1.69 bits per heavy atom. The summed E-state index contributed by atoms with van der Waals surface area (Å²) in [6.07, 6.45) is -5.54. The number of benzene rings is 1. The average molecular weight is 233 g/mol. The molecule has 1 aromatic rings. The summed E-state index contributed by atoms with van der Waals surface area (Å²) in [6.45, 7) is 1.17. The van der Waals surface area contributed by atoms with Gasteiger partial charge in [-0.3, -0.25) is 0 Å². The first kappa shape index (κ1) is 11.4. The van der Waals surface area contributed by atoms with Gasteiger partial charge in [0.25, 0.3) is 0 Å². The number of hydrogen-bond acceptors (Lipinski definition) is 1. The Bertz CT molecular complexity index is 353. The molecule has 0 spiro atoms. The van der Waals surface area contributed by atoms with Crippen molar-refractivity contribution in [1.82, 2.24) is 5.32 Å². The summed E-state index contributed by atoms with van der Waals surface area (Å²) in [7, 11) is 0. The lowest BCUT2D eigenvalue weighted by Gasteiger charge is -2.30. The smallest absolute Gasteiger partial charge is 0.316 e. The molecule has 0 saturated carbocycles. The van der Waals surface area contributed by atoms with Crippen molar-refractivity contribution in [3.05, 3.63) is 35.4 Å². The van der Waals surface area contributed by atoms with E-state index in [1.54, 1.807) is 0 Å². The number of hydrogen-bond donors (Lipinski definition) is 1. The predicted octanol–water partition coefficient (Wildman–Crippen LogP) is 2.94. The minimum Gasteiger partial charge on any atom is -0.316 e. The molecule has 1 atom stereocenters. The lowest BCUT2D eigenvalue weighted by atomic mass is 9.92. The molecule has 16 heavy (non-hydrogen) atoms. The van der Waals surface area contributed by atoms with E-state index in [1.807, 2.05) is 0 Å². The minimum atomic E-state index is -4.36. The molecule has 1 unspecified atom stereocenters. The van der Waals surface area contributed by atoms with Crippen LogP contribution in [0.25, 0.3) is 0 Å². The molecule has 5 heteroatoms. The van der Waals surface area contributed by atoms with Gasteiger partial charge in [-0.2, -0.15) is 13.2 Å². The standard InChI is InChI=1S/C11H11F4N/c12-10(8-5-16-6-8)7-1-3-9(4-2-7)11(13,14)15/h1-4,8,10,16H,5-6H2. The van der Waals surface area contributed by atoms with Gasteiger partial charge in [-0.1, -0.05) is 12.1 Å². The topological polar surface area (TPSA) is 12.0 Å². The SMILES string of the molecule is FC(c1ccc(C(F)(F)F)cc1)C1CNC1. The van der Waals surface area contributed by atoms with Crippen LogP contribution in [0.1, 0.15) is 17.3 Å². The van der Waals surface area contributed by atoms with E-state index in [4.69, 9.17) is 0 Å². The molecule has 1 heterocycles. The molecule has 0 aliphatic carbocycles. The average Bonchev–Trinajstić information content (AvgIpc) is 2.14. The van der Waals surface area contributed by atoms with Crippen molar-refractivity contribution in [2.24, 2.45) is 5.92 Å². The fraction of sp³-hybridized carbons (Fsp3) is 0.455. The van der Waals surface area contributed by atoms with E-state index >= 15 is 0 Å². The van der Waals surface area contributed by atoms with Gasteiger partial charge in [0.15, 0.2) is 0 Å². The molecule has 0 amide bonds. The van der Waals surface area contributed by atoms with Gasteiger partial charge in [0.2, 0.25) is 0 Å². The third-order valence-electron chi connectivity index (χ3n) is 2.78. The van der Waals surface area contributed by atoms with Crippen LogP contribution in [0.5, 0.6) is 0 Å². The first-order valence-corrected chi connectivity index (χ1v) is 5.00. The van der Waals surface area contributed by atoms with E-state index in [1.165, 1.54) is 12.1 Å². The first-order chi connectivity index (χ1) is 7.48.